The van der Waals surface area contributed by atoms with Gasteiger partial charge in [0.1, 0.15) is 11.3 Å². The first-order chi connectivity index (χ1) is 17.3. The molecule has 0 atom stereocenters. The fourth-order valence-electron chi connectivity index (χ4n) is 4.86. The number of rotatable bonds is 5. The number of nitrogens with zero attached hydrogens (tertiary/aromatic N) is 3. The maximum absolute atomic E-state index is 14.1. The maximum Gasteiger partial charge on any atom is 0.422 e. The number of halogens is 3. The van der Waals surface area contributed by atoms with Gasteiger partial charge >= 0.3 is 12.1 Å². The van der Waals surface area contributed by atoms with Crippen LogP contribution in [0.25, 0.3) is 32.5 Å². The molecule has 2 aliphatic rings. The molecule has 10 heteroatoms. The number of fused-ring (bicyclic) bond motifs is 3. The SMILES string of the molecule is O=C(O)C1CN(Cc2ccc3c(c2)CCc2nc(-c4onc(-c5ccccc5)c4C(F)(F)F)sc2-3)C1. The molecule has 1 saturated heterocycles. The van der Waals surface area contributed by atoms with E-state index in [9.17, 15) is 18.0 Å². The first-order valence-corrected chi connectivity index (χ1v) is 12.3. The van der Waals surface area contributed by atoms with Crippen molar-refractivity contribution in [2.45, 2.75) is 25.6 Å². The summed E-state index contributed by atoms with van der Waals surface area (Å²) in [6.07, 6.45) is -3.31. The van der Waals surface area contributed by atoms with Crippen LogP contribution in [0.5, 0.6) is 0 Å². The fourth-order valence-corrected chi connectivity index (χ4v) is 6.02. The second kappa shape index (κ2) is 8.56. The molecule has 1 N–H and O–H groups in total. The summed E-state index contributed by atoms with van der Waals surface area (Å²) < 4.78 is 47.6. The van der Waals surface area contributed by atoms with Crippen molar-refractivity contribution in [3.8, 4) is 32.5 Å². The van der Waals surface area contributed by atoms with E-state index in [4.69, 9.17) is 9.63 Å². The zero-order valence-corrected chi connectivity index (χ0v) is 19.7. The highest BCUT2D eigenvalue weighted by atomic mass is 32.1. The van der Waals surface area contributed by atoms with Crippen molar-refractivity contribution in [2.75, 3.05) is 13.1 Å². The average Bonchev–Trinajstić information content (AvgIpc) is 3.46. The van der Waals surface area contributed by atoms with Gasteiger partial charge in [0.05, 0.1) is 16.5 Å². The molecule has 1 aliphatic carbocycles. The Labute approximate surface area is 208 Å². The lowest BCUT2D eigenvalue weighted by atomic mass is 9.91. The van der Waals surface area contributed by atoms with Crippen molar-refractivity contribution in [1.82, 2.24) is 15.0 Å². The third kappa shape index (κ3) is 4.00. The van der Waals surface area contributed by atoms with Crippen LogP contribution >= 0.6 is 11.3 Å². The van der Waals surface area contributed by atoms with Gasteiger partial charge in [0.15, 0.2) is 5.01 Å². The fraction of sp³-hybridized carbons (Fsp3) is 0.269. The number of alkyl halides is 3. The van der Waals surface area contributed by atoms with Gasteiger partial charge < -0.3 is 9.63 Å². The summed E-state index contributed by atoms with van der Waals surface area (Å²) in [6, 6.07) is 14.3. The first kappa shape index (κ1) is 22.9. The minimum atomic E-state index is -4.66. The van der Waals surface area contributed by atoms with Crippen molar-refractivity contribution in [1.29, 1.82) is 0 Å². The molecule has 2 aromatic carbocycles. The second-order valence-electron chi connectivity index (χ2n) is 9.11. The van der Waals surface area contributed by atoms with E-state index in [1.165, 1.54) is 11.3 Å². The normalized spacial score (nSPS) is 15.9. The highest BCUT2D eigenvalue weighted by Gasteiger charge is 2.42. The Morgan fingerprint density at radius 1 is 1.14 bits per heavy atom. The van der Waals surface area contributed by atoms with Crippen LogP contribution in [0.3, 0.4) is 0 Å². The minimum absolute atomic E-state index is 0.166. The Morgan fingerprint density at radius 2 is 1.92 bits per heavy atom. The van der Waals surface area contributed by atoms with E-state index in [1.807, 2.05) is 12.1 Å². The van der Waals surface area contributed by atoms with Gasteiger partial charge in [0, 0.05) is 25.2 Å². The molecule has 4 aromatic rings. The molecule has 6 rings (SSSR count). The highest BCUT2D eigenvalue weighted by Crippen LogP contribution is 2.47. The second-order valence-corrected chi connectivity index (χ2v) is 10.1. The van der Waals surface area contributed by atoms with E-state index in [-0.39, 0.29) is 22.4 Å². The van der Waals surface area contributed by atoms with Crippen LogP contribution in [-0.2, 0) is 30.4 Å². The largest absolute Gasteiger partial charge is 0.481 e. The van der Waals surface area contributed by atoms with Gasteiger partial charge in [0.2, 0.25) is 5.76 Å². The van der Waals surface area contributed by atoms with Crippen molar-refractivity contribution in [3.63, 3.8) is 0 Å². The molecule has 6 nitrogen and oxygen atoms in total. The topological polar surface area (TPSA) is 79.5 Å². The van der Waals surface area contributed by atoms with E-state index in [0.29, 0.717) is 31.6 Å². The molecule has 0 spiro atoms. The van der Waals surface area contributed by atoms with Crippen LogP contribution in [0.1, 0.15) is 22.4 Å². The van der Waals surface area contributed by atoms with E-state index >= 15 is 0 Å². The number of aryl methyl sites for hydroxylation is 2. The Morgan fingerprint density at radius 3 is 2.64 bits per heavy atom. The minimum Gasteiger partial charge on any atom is -0.481 e. The lowest BCUT2D eigenvalue weighted by Gasteiger charge is -2.36. The number of aromatic nitrogens is 2. The summed E-state index contributed by atoms with van der Waals surface area (Å²) in [5.41, 5.74) is 3.10. The third-order valence-electron chi connectivity index (χ3n) is 6.67. The summed E-state index contributed by atoms with van der Waals surface area (Å²) in [5, 5.41) is 13.0. The first-order valence-electron chi connectivity index (χ1n) is 11.5. The number of thiazole rings is 1. The summed E-state index contributed by atoms with van der Waals surface area (Å²) in [7, 11) is 0. The molecule has 184 valence electrons. The molecule has 0 amide bonds. The maximum atomic E-state index is 14.1. The van der Waals surface area contributed by atoms with Crippen LogP contribution in [0.15, 0.2) is 53.1 Å². The van der Waals surface area contributed by atoms with Crippen LogP contribution in [0.4, 0.5) is 13.2 Å². The predicted molar refractivity (Wildman–Crippen MR) is 127 cm³/mol. The number of carbonyl (C=O) groups is 1. The van der Waals surface area contributed by atoms with Crippen molar-refractivity contribution >= 4 is 17.3 Å². The van der Waals surface area contributed by atoms with Gasteiger partial charge in [-0.15, -0.1) is 11.3 Å². The van der Waals surface area contributed by atoms with E-state index in [1.54, 1.807) is 30.3 Å². The van der Waals surface area contributed by atoms with Crippen molar-refractivity contribution in [3.05, 3.63) is 70.9 Å². The highest BCUT2D eigenvalue weighted by molar-refractivity contribution is 7.18. The Balaban J connectivity index is 1.32. The quantitative estimate of drug-likeness (QED) is 0.367. The molecule has 0 radical (unpaired) electrons. The third-order valence-corrected chi connectivity index (χ3v) is 7.80. The molecule has 0 saturated carbocycles. The number of hydrogen-bond donors (Lipinski definition) is 1. The van der Waals surface area contributed by atoms with Crippen molar-refractivity contribution in [2.24, 2.45) is 5.92 Å². The lowest BCUT2D eigenvalue weighted by molar-refractivity contribution is -0.147. The molecule has 3 heterocycles. The summed E-state index contributed by atoms with van der Waals surface area (Å²) in [6.45, 7) is 1.75. The van der Waals surface area contributed by atoms with E-state index in [2.05, 4.69) is 21.1 Å². The number of likely N-dealkylation sites (tertiary alicyclic amines) is 1. The molecule has 2 aromatic heterocycles. The van der Waals surface area contributed by atoms with Crippen molar-refractivity contribution < 1.29 is 27.6 Å². The lowest BCUT2D eigenvalue weighted by Crippen LogP contribution is -2.49. The Bertz CT molecular complexity index is 1460. The van der Waals surface area contributed by atoms with E-state index < -0.39 is 17.7 Å². The number of carboxylic acid groups (broad SMARTS) is 1. The number of aliphatic carboxylic acids is 1. The predicted octanol–water partition coefficient (Wildman–Crippen LogP) is 5.77. The summed E-state index contributed by atoms with van der Waals surface area (Å²) in [4.78, 5) is 18.5. The zero-order valence-electron chi connectivity index (χ0n) is 18.9. The molecule has 0 bridgehead atoms. The number of carboxylic acids is 1. The number of benzene rings is 2. The molecule has 0 unspecified atom stereocenters. The average molecular weight is 512 g/mol. The van der Waals surface area contributed by atoms with Crippen LogP contribution in [0.2, 0.25) is 0 Å². The standard InChI is InChI=1S/C26H20F3N3O3S/c27-26(28,29)20-21(15-4-2-1-3-5-15)31-35-22(20)24-30-19-9-7-16-10-14(6-8-18(16)23(19)36-24)11-32-12-17(13-32)25(33)34/h1-6,8,10,17H,7,9,11-13H2,(H,33,34). The zero-order chi connectivity index (χ0) is 25.0. The van der Waals surface area contributed by atoms with Gasteiger partial charge in [-0.25, -0.2) is 4.98 Å². The monoisotopic (exact) mass is 511 g/mol. The van der Waals surface area contributed by atoms with Crippen LogP contribution < -0.4 is 0 Å². The molecular weight excluding hydrogens is 491 g/mol. The smallest absolute Gasteiger partial charge is 0.422 e. The summed E-state index contributed by atoms with van der Waals surface area (Å²) in [5.74, 6) is -1.42. The molecule has 1 fully saturated rings. The Hall–Kier alpha value is -3.50. The number of hydrogen-bond acceptors (Lipinski definition) is 6. The van der Waals surface area contributed by atoms with Gasteiger partial charge in [-0.1, -0.05) is 53.7 Å². The molecular formula is C26H20F3N3O3S. The van der Waals surface area contributed by atoms with Gasteiger partial charge in [-0.3, -0.25) is 9.69 Å². The Kier molecular flexibility index (Phi) is 5.45. The van der Waals surface area contributed by atoms with Gasteiger partial charge in [-0.05, 0) is 29.5 Å². The van der Waals surface area contributed by atoms with Crippen LogP contribution in [-0.4, -0.2) is 39.2 Å². The molecule has 1 aliphatic heterocycles. The molecule has 36 heavy (non-hydrogen) atoms. The van der Waals surface area contributed by atoms with E-state index in [0.717, 1.165) is 33.7 Å². The van der Waals surface area contributed by atoms with Gasteiger partial charge in [0.25, 0.3) is 0 Å². The summed E-state index contributed by atoms with van der Waals surface area (Å²) >= 11 is 1.19. The van der Waals surface area contributed by atoms with Crippen LogP contribution in [0, 0.1) is 5.92 Å². The van der Waals surface area contributed by atoms with Gasteiger partial charge in [-0.2, -0.15) is 13.2 Å².